The molecule has 0 aromatic carbocycles. The van der Waals surface area contributed by atoms with Gasteiger partial charge in [0.2, 0.25) is 0 Å². The first-order valence-corrected chi connectivity index (χ1v) is 6.79. The van der Waals surface area contributed by atoms with Crippen molar-refractivity contribution in [1.82, 2.24) is 9.97 Å². The number of thiazole rings is 1. The highest BCUT2D eigenvalue weighted by molar-refractivity contribution is 7.12. The molecular formula is C13H14FN3S. The number of aromatic nitrogens is 2. The summed E-state index contributed by atoms with van der Waals surface area (Å²) < 4.78 is 12.9. The van der Waals surface area contributed by atoms with Crippen molar-refractivity contribution in [1.29, 1.82) is 0 Å². The molecule has 0 saturated heterocycles. The van der Waals surface area contributed by atoms with E-state index in [-0.39, 0.29) is 11.4 Å². The molecule has 1 aliphatic rings. The first-order valence-electron chi connectivity index (χ1n) is 5.97. The molecule has 18 heavy (non-hydrogen) atoms. The third-order valence-electron chi connectivity index (χ3n) is 3.44. The van der Waals surface area contributed by atoms with Gasteiger partial charge in [-0.15, -0.1) is 11.3 Å². The Morgan fingerprint density at radius 3 is 2.72 bits per heavy atom. The van der Waals surface area contributed by atoms with Crippen molar-refractivity contribution < 1.29 is 4.39 Å². The van der Waals surface area contributed by atoms with Crippen LogP contribution in [0.25, 0.3) is 11.4 Å². The summed E-state index contributed by atoms with van der Waals surface area (Å²) in [6.07, 6.45) is 4.38. The fourth-order valence-electron chi connectivity index (χ4n) is 2.13. The highest BCUT2D eigenvalue weighted by atomic mass is 32.1. The average molecular weight is 263 g/mol. The van der Waals surface area contributed by atoms with Gasteiger partial charge in [0.15, 0.2) is 0 Å². The molecule has 2 heterocycles. The van der Waals surface area contributed by atoms with E-state index in [2.05, 4.69) is 9.97 Å². The predicted molar refractivity (Wildman–Crippen MR) is 69.8 cm³/mol. The Balaban J connectivity index is 2.00. The van der Waals surface area contributed by atoms with Crippen molar-refractivity contribution in [2.75, 3.05) is 0 Å². The first-order chi connectivity index (χ1) is 8.58. The second-order valence-corrected chi connectivity index (χ2v) is 6.00. The molecule has 0 unspecified atom stereocenters. The van der Waals surface area contributed by atoms with E-state index in [9.17, 15) is 4.39 Å². The molecule has 94 valence electrons. The van der Waals surface area contributed by atoms with Crippen molar-refractivity contribution in [2.24, 2.45) is 5.73 Å². The normalized spacial score (nSPS) is 17.5. The van der Waals surface area contributed by atoms with Gasteiger partial charge in [0, 0.05) is 4.88 Å². The average Bonchev–Trinajstić information content (AvgIpc) is 2.70. The minimum atomic E-state index is -0.332. The number of hydrogen-bond donors (Lipinski definition) is 1. The van der Waals surface area contributed by atoms with Crippen LogP contribution in [-0.4, -0.2) is 9.97 Å². The maximum atomic E-state index is 12.9. The monoisotopic (exact) mass is 263 g/mol. The molecule has 0 radical (unpaired) electrons. The Hall–Kier alpha value is -1.33. The molecule has 1 fully saturated rings. The first kappa shape index (κ1) is 11.7. The summed E-state index contributed by atoms with van der Waals surface area (Å²) in [6, 6.07) is 3.06. The molecule has 0 aliphatic heterocycles. The standard InChI is InChI=1S/C13H14FN3S/c1-8-11(10-4-3-9(14)7-16-10)17-12(18-8)13(15)5-2-6-13/h3-4,7H,2,5-6,15H2,1H3. The van der Waals surface area contributed by atoms with Gasteiger partial charge in [-0.1, -0.05) is 0 Å². The maximum absolute atomic E-state index is 12.9. The van der Waals surface area contributed by atoms with E-state index in [4.69, 9.17) is 5.73 Å². The summed E-state index contributed by atoms with van der Waals surface area (Å²) in [5.41, 5.74) is 7.57. The molecule has 5 heteroatoms. The fraction of sp³-hybridized carbons (Fsp3) is 0.385. The van der Waals surface area contributed by atoms with Gasteiger partial charge in [0.1, 0.15) is 16.5 Å². The lowest BCUT2D eigenvalue weighted by atomic mass is 9.78. The van der Waals surface area contributed by atoms with E-state index < -0.39 is 0 Å². The van der Waals surface area contributed by atoms with Gasteiger partial charge >= 0.3 is 0 Å². The van der Waals surface area contributed by atoms with Crippen molar-refractivity contribution in [3.8, 4) is 11.4 Å². The third kappa shape index (κ3) is 1.83. The molecule has 2 aromatic rings. The lowest BCUT2D eigenvalue weighted by Crippen LogP contribution is -2.43. The van der Waals surface area contributed by atoms with Crippen LogP contribution in [0.15, 0.2) is 18.3 Å². The molecule has 2 aromatic heterocycles. The van der Waals surface area contributed by atoms with Crippen LogP contribution in [0.5, 0.6) is 0 Å². The summed E-state index contributed by atoms with van der Waals surface area (Å²) in [7, 11) is 0. The Kier molecular flexibility index (Phi) is 2.68. The quantitative estimate of drug-likeness (QED) is 0.906. The Morgan fingerprint density at radius 2 is 2.17 bits per heavy atom. The smallest absolute Gasteiger partial charge is 0.141 e. The Morgan fingerprint density at radius 1 is 1.39 bits per heavy atom. The molecule has 3 nitrogen and oxygen atoms in total. The molecule has 0 atom stereocenters. The fourth-order valence-corrected chi connectivity index (χ4v) is 3.22. The van der Waals surface area contributed by atoms with Crippen molar-refractivity contribution in [3.05, 3.63) is 34.0 Å². The van der Waals surface area contributed by atoms with Gasteiger partial charge in [0.25, 0.3) is 0 Å². The topological polar surface area (TPSA) is 51.8 Å². The number of halogens is 1. The van der Waals surface area contributed by atoms with Crippen LogP contribution >= 0.6 is 11.3 Å². The molecule has 0 spiro atoms. The third-order valence-corrected chi connectivity index (χ3v) is 4.63. The van der Waals surface area contributed by atoms with Crippen LogP contribution in [0, 0.1) is 12.7 Å². The predicted octanol–water partition coefficient (Wildman–Crippen LogP) is 2.99. The van der Waals surface area contributed by atoms with Gasteiger partial charge in [-0.05, 0) is 38.3 Å². The summed E-state index contributed by atoms with van der Waals surface area (Å²) >= 11 is 1.63. The van der Waals surface area contributed by atoms with Crippen LogP contribution in [0.4, 0.5) is 4.39 Å². The van der Waals surface area contributed by atoms with Gasteiger partial charge in [-0.25, -0.2) is 9.37 Å². The van der Waals surface area contributed by atoms with Crippen LogP contribution in [0.3, 0.4) is 0 Å². The van der Waals surface area contributed by atoms with E-state index in [1.807, 2.05) is 6.92 Å². The van der Waals surface area contributed by atoms with Crippen molar-refractivity contribution >= 4 is 11.3 Å². The molecule has 0 amide bonds. The summed E-state index contributed by atoms with van der Waals surface area (Å²) in [6.45, 7) is 2.00. The number of pyridine rings is 1. The number of nitrogens with two attached hydrogens (primary N) is 1. The summed E-state index contributed by atoms with van der Waals surface area (Å²) in [5, 5.41) is 0.979. The van der Waals surface area contributed by atoms with E-state index >= 15 is 0 Å². The van der Waals surface area contributed by atoms with Gasteiger partial charge < -0.3 is 5.73 Å². The largest absolute Gasteiger partial charge is 0.319 e. The Bertz CT molecular complexity index is 572. The zero-order valence-corrected chi connectivity index (χ0v) is 10.9. The molecule has 0 bridgehead atoms. The SMILES string of the molecule is Cc1sc(C2(N)CCC2)nc1-c1ccc(F)cn1. The summed E-state index contributed by atoms with van der Waals surface area (Å²) in [5.74, 6) is -0.332. The molecular weight excluding hydrogens is 249 g/mol. The van der Waals surface area contributed by atoms with E-state index in [0.29, 0.717) is 5.69 Å². The number of hydrogen-bond acceptors (Lipinski definition) is 4. The second kappa shape index (κ2) is 4.10. The zero-order chi connectivity index (χ0) is 12.8. The second-order valence-electron chi connectivity index (χ2n) is 4.80. The summed E-state index contributed by atoms with van der Waals surface area (Å²) in [4.78, 5) is 9.77. The molecule has 2 N–H and O–H groups in total. The van der Waals surface area contributed by atoms with Crippen molar-refractivity contribution in [3.63, 3.8) is 0 Å². The Labute approximate surface area is 109 Å². The van der Waals surface area contributed by atoms with Gasteiger partial charge in [-0.2, -0.15) is 0 Å². The van der Waals surface area contributed by atoms with Crippen LogP contribution in [-0.2, 0) is 5.54 Å². The number of rotatable bonds is 2. The van der Waals surface area contributed by atoms with Crippen LogP contribution in [0.1, 0.15) is 29.1 Å². The molecule has 1 saturated carbocycles. The zero-order valence-electron chi connectivity index (χ0n) is 10.1. The molecule has 3 rings (SSSR count). The van der Waals surface area contributed by atoms with E-state index in [1.165, 1.54) is 18.7 Å². The maximum Gasteiger partial charge on any atom is 0.141 e. The van der Waals surface area contributed by atoms with Gasteiger partial charge in [-0.3, -0.25) is 4.98 Å². The molecule has 1 aliphatic carbocycles. The van der Waals surface area contributed by atoms with Crippen molar-refractivity contribution in [2.45, 2.75) is 31.7 Å². The van der Waals surface area contributed by atoms with E-state index in [0.717, 1.165) is 28.4 Å². The number of nitrogens with zero attached hydrogens (tertiary/aromatic N) is 2. The van der Waals surface area contributed by atoms with E-state index in [1.54, 1.807) is 17.4 Å². The highest BCUT2D eigenvalue weighted by Gasteiger charge is 2.37. The van der Waals surface area contributed by atoms with Gasteiger partial charge in [0.05, 0.1) is 17.4 Å². The lowest BCUT2D eigenvalue weighted by molar-refractivity contribution is 0.253. The minimum absolute atomic E-state index is 0.242. The number of aryl methyl sites for hydroxylation is 1. The highest BCUT2D eigenvalue weighted by Crippen LogP contribution is 2.42. The van der Waals surface area contributed by atoms with Crippen LogP contribution in [0.2, 0.25) is 0 Å². The minimum Gasteiger partial charge on any atom is -0.319 e. The lowest BCUT2D eigenvalue weighted by Gasteiger charge is -2.35. The van der Waals surface area contributed by atoms with Crippen LogP contribution < -0.4 is 5.73 Å².